The van der Waals surface area contributed by atoms with E-state index in [0.29, 0.717) is 11.6 Å². The summed E-state index contributed by atoms with van der Waals surface area (Å²) in [6, 6.07) is 3.30. The highest BCUT2D eigenvalue weighted by Crippen LogP contribution is 2.25. The van der Waals surface area contributed by atoms with Gasteiger partial charge in [0.05, 0.1) is 4.92 Å². The Kier molecular flexibility index (Phi) is 6.05. The van der Waals surface area contributed by atoms with Crippen LogP contribution in [0.5, 0.6) is 0 Å². The molecule has 0 aliphatic heterocycles. The fraction of sp³-hybridized carbons (Fsp3) is 0.615. The van der Waals surface area contributed by atoms with E-state index in [-0.39, 0.29) is 11.7 Å². The maximum Gasteiger partial charge on any atom is 0.311 e. The minimum atomic E-state index is -0.405. The predicted molar refractivity (Wildman–Crippen MR) is 77.7 cm³/mol. The van der Waals surface area contributed by atoms with Crippen LogP contribution in [0, 0.1) is 10.1 Å². The highest BCUT2D eigenvalue weighted by molar-refractivity contribution is 5.60. The Morgan fingerprint density at radius 2 is 2.11 bits per heavy atom. The third-order valence-electron chi connectivity index (χ3n) is 2.73. The summed E-state index contributed by atoms with van der Waals surface area (Å²) in [5.74, 6) is 1.01. The molecule has 0 radical (unpaired) electrons. The van der Waals surface area contributed by atoms with Gasteiger partial charge in [-0.3, -0.25) is 10.1 Å². The van der Waals surface area contributed by atoms with Crippen LogP contribution in [0.25, 0.3) is 0 Å². The standard InChI is InChI=1S/C13H22N4O2/c1-4-6-10(3)15-13-11(17(18)19)7-8-12(16-13)14-9-5-2/h7-8,10H,4-6,9H2,1-3H3,(H2,14,15,16). The molecular formula is C13H22N4O2. The van der Waals surface area contributed by atoms with Gasteiger partial charge in [-0.05, 0) is 25.8 Å². The Hall–Kier alpha value is -1.85. The molecular weight excluding hydrogens is 244 g/mol. The summed E-state index contributed by atoms with van der Waals surface area (Å²) in [7, 11) is 0. The van der Waals surface area contributed by atoms with Crippen molar-refractivity contribution in [3.63, 3.8) is 0 Å². The van der Waals surface area contributed by atoms with Gasteiger partial charge in [-0.1, -0.05) is 20.3 Å². The minimum Gasteiger partial charge on any atom is -0.370 e. The summed E-state index contributed by atoms with van der Waals surface area (Å²) in [5.41, 5.74) is 0.0185. The molecule has 1 atom stereocenters. The second-order valence-electron chi connectivity index (χ2n) is 4.58. The molecule has 1 aromatic rings. The summed E-state index contributed by atoms with van der Waals surface area (Å²) in [6.45, 7) is 6.94. The summed E-state index contributed by atoms with van der Waals surface area (Å²) in [5, 5.41) is 17.2. The molecule has 1 unspecified atom stereocenters. The maximum absolute atomic E-state index is 11.0. The molecule has 0 aromatic carbocycles. The average molecular weight is 266 g/mol. The van der Waals surface area contributed by atoms with Crippen molar-refractivity contribution in [1.29, 1.82) is 0 Å². The molecule has 0 amide bonds. The van der Waals surface area contributed by atoms with Crippen molar-refractivity contribution in [1.82, 2.24) is 4.98 Å². The lowest BCUT2D eigenvalue weighted by Crippen LogP contribution is -2.17. The molecule has 19 heavy (non-hydrogen) atoms. The van der Waals surface area contributed by atoms with E-state index in [1.165, 1.54) is 6.07 Å². The fourth-order valence-electron chi connectivity index (χ4n) is 1.80. The van der Waals surface area contributed by atoms with Gasteiger partial charge in [0.2, 0.25) is 5.82 Å². The molecule has 6 nitrogen and oxygen atoms in total. The van der Waals surface area contributed by atoms with Crippen molar-refractivity contribution >= 4 is 17.3 Å². The van der Waals surface area contributed by atoms with E-state index in [2.05, 4.69) is 29.5 Å². The quantitative estimate of drug-likeness (QED) is 0.556. The molecule has 0 aliphatic carbocycles. The van der Waals surface area contributed by atoms with Crippen molar-refractivity contribution in [3.05, 3.63) is 22.2 Å². The number of pyridine rings is 1. The first-order valence-corrected chi connectivity index (χ1v) is 6.74. The van der Waals surface area contributed by atoms with Crippen molar-refractivity contribution in [2.24, 2.45) is 0 Å². The lowest BCUT2D eigenvalue weighted by atomic mass is 10.2. The molecule has 0 bridgehead atoms. The van der Waals surface area contributed by atoms with Gasteiger partial charge in [0.1, 0.15) is 5.82 Å². The van der Waals surface area contributed by atoms with Gasteiger partial charge in [0, 0.05) is 18.7 Å². The van der Waals surface area contributed by atoms with E-state index in [1.807, 2.05) is 6.92 Å². The fourth-order valence-corrected chi connectivity index (χ4v) is 1.80. The number of nitro groups is 1. The molecule has 1 rings (SSSR count). The van der Waals surface area contributed by atoms with Crippen LogP contribution in [-0.2, 0) is 0 Å². The predicted octanol–water partition coefficient (Wildman–Crippen LogP) is 3.41. The molecule has 106 valence electrons. The summed E-state index contributed by atoms with van der Waals surface area (Å²) >= 11 is 0. The molecule has 0 fully saturated rings. The molecule has 6 heteroatoms. The maximum atomic E-state index is 11.0. The molecule has 2 N–H and O–H groups in total. The highest BCUT2D eigenvalue weighted by Gasteiger charge is 2.17. The smallest absolute Gasteiger partial charge is 0.311 e. The van der Waals surface area contributed by atoms with Crippen molar-refractivity contribution < 1.29 is 4.92 Å². The number of aromatic nitrogens is 1. The van der Waals surface area contributed by atoms with Crippen LogP contribution in [0.2, 0.25) is 0 Å². The Morgan fingerprint density at radius 1 is 1.37 bits per heavy atom. The highest BCUT2D eigenvalue weighted by atomic mass is 16.6. The van der Waals surface area contributed by atoms with Gasteiger partial charge in [0.15, 0.2) is 0 Å². The molecule has 1 aromatic heterocycles. The van der Waals surface area contributed by atoms with Gasteiger partial charge < -0.3 is 10.6 Å². The second-order valence-corrected chi connectivity index (χ2v) is 4.58. The third kappa shape index (κ3) is 4.73. The molecule has 1 heterocycles. The van der Waals surface area contributed by atoms with Crippen LogP contribution in [0.3, 0.4) is 0 Å². The second kappa shape index (κ2) is 7.56. The summed E-state index contributed by atoms with van der Waals surface area (Å²) in [6.07, 6.45) is 2.95. The van der Waals surface area contributed by atoms with Crippen LogP contribution in [0.1, 0.15) is 40.0 Å². The zero-order chi connectivity index (χ0) is 14.3. The van der Waals surface area contributed by atoms with Gasteiger partial charge >= 0.3 is 5.69 Å². The van der Waals surface area contributed by atoms with Crippen LogP contribution in [0.4, 0.5) is 17.3 Å². The third-order valence-corrected chi connectivity index (χ3v) is 2.73. The Morgan fingerprint density at radius 3 is 2.68 bits per heavy atom. The van der Waals surface area contributed by atoms with Crippen LogP contribution in [-0.4, -0.2) is 22.5 Å². The van der Waals surface area contributed by atoms with Crippen LogP contribution >= 0.6 is 0 Å². The minimum absolute atomic E-state index is 0.0185. The Bertz CT molecular complexity index is 423. The first kappa shape index (κ1) is 15.2. The summed E-state index contributed by atoms with van der Waals surface area (Å²) < 4.78 is 0. The zero-order valence-corrected chi connectivity index (χ0v) is 11.8. The van der Waals surface area contributed by atoms with Crippen LogP contribution < -0.4 is 10.6 Å². The van der Waals surface area contributed by atoms with Gasteiger partial charge in [-0.2, -0.15) is 0 Å². The van der Waals surface area contributed by atoms with Crippen LogP contribution in [0.15, 0.2) is 12.1 Å². The van der Waals surface area contributed by atoms with E-state index < -0.39 is 4.92 Å². The normalized spacial score (nSPS) is 11.9. The number of anilines is 2. The summed E-state index contributed by atoms with van der Waals surface area (Å²) in [4.78, 5) is 14.9. The molecule has 0 aliphatic rings. The largest absolute Gasteiger partial charge is 0.370 e. The van der Waals surface area contributed by atoms with Gasteiger partial charge in [-0.25, -0.2) is 4.98 Å². The van der Waals surface area contributed by atoms with Crippen molar-refractivity contribution in [2.75, 3.05) is 17.2 Å². The zero-order valence-electron chi connectivity index (χ0n) is 11.8. The number of rotatable bonds is 8. The van der Waals surface area contributed by atoms with E-state index in [9.17, 15) is 10.1 Å². The first-order chi connectivity index (χ1) is 9.08. The van der Waals surface area contributed by atoms with Crippen molar-refractivity contribution in [2.45, 2.75) is 46.1 Å². The van der Waals surface area contributed by atoms with E-state index in [0.717, 1.165) is 25.8 Å². The monoisotopic (exact) mass is 266 g/mol. The lowest BCUT2D eigenvalue weighted by molar-refractivity contribution is -0.384. The van der Waals surface area contributed by atoms with E-state index in [1.54, 1.807) is 6.07 Å². The molecule has 0 saturated heterocycles. The Labute approximate surface area is 113 Å². The van der Waals surface area contributed by atoms with Gasteiger partial charge in [0.25, 0.3) is 0 Å². The van der Waals surface area contributed by atoms with E-state index >= 15 is 0 Å². The average Bonchev–Trinajstić information content (AvgIpc) is 2.36. The number of nitrogens with zero attached hydrogens (tertiary/aromatic N) is 2. The Balaban J connectivity index is 2.91. The number of hydrogen-bond acceptors (Lipinski definition) is 5. The first-order valence-electron chi connectivity index (χ1n) is 6.74. The lowest BCUT2D eigenvalue weighted by Gasteiger charge is -2.14. The molecule has 0 saturated carbocycles. The topological polar surface area (TPSA) is 80.1 Å². The SMILES string of the molecule is CCCNc1ccc([N+](=O)[O-])c(NC(C)CCC)n1. The number of hydrogen-bond donors (Lipinski definition) is 2. The van der Waals surface area contributed by atoms with Gasteiger partial charge in [-0.15, -0.1) is 0 Å². The number of nitrogens with one attached hydrogen (secondary N) is 2. The molecule has 0 spiro atoms. The van der Waals surface area contributed by atoms with E-state index in [4.69, 9.17) is 0 Å². The van der Waals surface area contributed by atoms with Crippen molar-refractivity contribution in [3.8, 4) is 0 Å².